The first-order valence-electron chi connectivity index (χ1n) is 3.51. The Balaban J connectivity index is 4.34. The van der Waals surface area contributed by atoms with Crippen LogP contribution in [0.25, 0.3) is 0 Å². The molecule has 0 aliphatic rings. The van der Waals surface area contributed by atoms with Crippen LogP contribution in [0.15, 0.2) is 23.8 Å². The number of esters is 2. The van der Waals surface area contributed by atoms with Crippen molar-refractivity contribution in [2.45, 2.75) is 20.8 Å². The lowest BCUT2D eigenvalue weighted by atomic mass is 10.2. The lowest BCUT2D eigenvalue weighted by Crippen LogP contribution is -2.11. The van der Waals surface area contributed by atoms with Gasteiger partial charge in [-0.25, -0.2) is 9.59 Å². The van der Waals surface area contributed by atoms with Gasteiger partial charge in [-0.15, -0.1) is 0 Å². The molecule has 0 aliphatic carbocycles. The number of ether oxygens (including phenoxy) is 1. The number of carbonyl (C=O) groups excluding carboxylic acids is 2. The normalized spacial score (nSPS) is 8.58. The first-order valence-corrected chi connectivity index (χ1v) is 3.51. The molecule has 0 spiro atoms. The fraction of sp³-hybridized carbons (Fsp3) is 0.333. The highest BCUT2D eigenvalue weighted by atomic mass is 16.6. The maximum absolute atomic E-state index is 11.0. The zero-order chi connectivity index (χ0) is 9.72. The van der Waals surface area contributed by atoms with E-state index in [1.807, 2.05) is 0 Å². The van der Waals surface area contributed by atoms with Crippen LogP contribution in [-0.2, 0) is 14.3 Å². The number of carbonyl (C=O) groups is 2. The molecule has 3 nitrogen and oxygen atoms in total. The van der Waals surface area contributed by atoms with Crippen LogP contribution in [0.5, 0.6) is 0 Å². The summed E-state index contributed by atoms with van der Waals surface area (Å²) < 4.78 is 4.37. The summed E-state index contributed by atoms with van der Waals surface area (Å²) in [5.41, 5.74) is 1.28. The first kappa shape index (κ1) is 10.6. The Hall–Kier alpha value is -1.38. The fourth-order valence-electron chi connectivity index (χ4n) is 0.414. The van der Waals surface area contributed by atoms with E-state index in [4.69, 9.17) is 0 Å². The minimum Gasteiger partial charge on any atom is -0.386 e. The van der Waals surface area contributed by atoms with Gasteiger partial charge in [0, 0.05) is 11.6 Å². The van der Waals surface area contributed by atoms with Gasteiger partial charge in [-0.2, -0.15) is 0 Å². The maximum Gasteiger partial charge on any atom is 0.341 e. The Labute approximate surface area is 71.7 Å². The summed E-state index contributed by atoms with van der Waals surface area (Å²) >= 11 is 0. The molecule has 0 aromatic carbocycles. The lowest BCUT2D eigenvalue weighted by Gasteiger charge is -2.00. The van der Waals surface area contributed by atoms with E-state index in [0.29, 0.717) is 5.57 Å². The molecular weight excluding hydrogens is 156 g/mol. The van der Waals surface area contributed by atoms with Crippen molar-refractivity contribution in [1.82, 2.24) is 0 Å². The van der Waals surface area contributed by atoms with Gasteiger partial charge in [0.1, 0.15) is 0 Å². The summed E-state index contributed by atoms with van der Waals surface area (Å²) in [5.74, 6) is -1.33. The second-order valence-electron chi connectivity index (χ2n) is 2.54. The van der Waals surface area contributed by atoms with Gasteiger partial charge in [0.15, 0.2) is 0 Å². The molecule has 0 atom stereocenters. The Morgan fingerprint density at radius 1 is 1.25 bits per heavy atom. The van der Waals surface area contributed by atoms with Gasteiger partial charge in [0.05, 0.1) is 0 Å². The molecule has 0 aromatic heterocycles. The van der Waals surface area contributed by atoms with Crippen LogP contribution >= 0.6 is 0 Å². The number of rotatable bonds is 2. The molecule has 0 aliphatic heterocycles. The van der Waals surface area contributed by atoms with E-state index in [1.165, 1.54) is 0 Å². The summed E-state index contributed by atoms with van der Waals surface area (Å²) in [7, 11) is 0. The highest BCUT2D eigenvalue weighted by molar-refractivity contribution is 5.99. The number of allylic oxidation sites excluding steroid dienone is 1. The lowest BCUT2D eigenvalue weighted by molar-refractivity contribution is -0.153. The Bertz CT molecular complexity index is 244. The highest BCUT2D eigenvalue weighted by Gasteiger charge is 2.09. The average Bonchev–Trinajstić information content (AvgIpc) is 2.02. The summed E-state index contributed by atoms with van der Waals surface area (Å²) in [5, 5.41) is 0. The zero-order valence-electron chi connectivity index (χ0n) is 7.51. The van der Waals surface area contributed by atoms with E-state index in [9.17, 15) is 9.59 Å². The minimum atomic E-state index is -0.722. The van der Waals surface area contributed by atoms with Gasteiger partial charge in [-0.3, -0.25) is 0 Å². The predicted molar refractivity (Wildman–Crippen MR) is 45.3 cm³/mol. The molecule has 12 heavy (non-hydrogen) atoms. The molecule has 66 valence electrons. The van der Waals surface area contributed by atoms with Crippen LogP contribution in [0.2, 0.25) is 0 Å². The monoisotopic (exact) mass is 168 g/mol. The van der Waals surface area contributed by atoms with E-state index in [2.05, 4.69) is 11.3 Å². The molecule has 0 N–H and O–H groups in total. The summed E-state index contributed by atoms with van der Waals surface area (Å²) in [6.45, 7) is 8.33. The Kier molecular flexibility index (Phi) is 3.97. The fourth-order valence-corrected chi connectivity index (χ4v) is 0.414. The Morgan fingerprint density at radius 2 is 1.75 bits per heavy atom. The second kappa shape index (κ2) is 4.49. The SMILES string of the molecule is C=CC(=O)OC(=O)C(C)=C(C)C. The Morgan fingerprint density at radius 3 is 2.08 bits per heavy atom. The minimum absolute atomic E-state index is 0.449. The third-order valence-corrected chi connectivity index (χ3v) is 1.42. The molecule has 0 bridgehead atoms. The standard InChI is InChI=1S/C9H12O3/c1-5-8(10)12-9(11)7(4)6(2)3/h5H,1H2,2-4H3. The van der Waals surface area contributed by atoms with Gasteiger partial charge >= 0.3 is 11.9 Å². The van der Waals surface area contributed by atoms with Crippen LogP contribution in [0, 0.1) is 0 Å². The molecule has 0 amide bonds. The van der Waals surface area contributed by atoms with Crippen LogP contribution in [0.1, 0.15) is 20.8 Å². The third kappa shape index (κ3) is 3.14. The number of hydrogen-bond acceptors (Lipinski definition) is 3. The molecule has 0 saturated heterocycles. The molecule has 0 unspecified atom stereocenters. The second-order valence-corrected chi connectivity index (χ2v) is 2.54. The largest absolute Gasteiger partial charge is 0.386 e. The molecule has 0 rings (SSSR count). The van der Waals surface area contributed by atoms with Gasteiger partial charge in [0.2, 0.25) is 0 Å². The first-order chi connectivity index (χ1) is 5.49. The van der Waals surface area contributed by atoms with Crippen molar-refractivity contribution < 1.29 is 14.3 Å². The molecule has 3 heteroatoms. The van der Waals surface area contributed by atoms with E-state index >= 15 is 0 Å². The summed E-state index contributed by atoms with van der Waals surface area (Å²) in [6, 6.07) is 0. The van der Waals surface area contributed by atoms with Gasteiger partial charge < -0.3 is 4.74 Å². The van der Waals surface area contributed by atoms with E-state index in [-0.39, 0.29) is 0 Å². The van der Waals surface area contributed by atoms with Crippen molar-refractivity contribution in [2.24, 2.45) is 0 Å². The van der Waals surface area contributed by atoms with Crippen LogP contribution in [0.4, 0.5) is 0 Å². The van der Waals surface area contributed by atoms with Crippen molar-refractivity contribution in [3.05, 3.63) is 23.8 Å². The third-order valence-electron chi connectivity index (χ3n) is 1.42. The smallest absolute Gasteiger partial charge is 0.341 e. The molecule has 0 saturated carbocycles. The predicted octanol–water partition coefficient (Wildman–Crippen LogP) is 1.60. The van der Waals surface area contributed by atoms with Crippen LogP contribution < -0.4 is 0 Å². The molecular formula is C9H12O3. The topological polar surface area (TPSA) is 43.4 Å². The molecule has 0 heterocycles. The van der Waals surface area contributed by atoms with Crippen LogP contribution in [-0.4, -0.2) is 11.9 Å². The van der Waals surface area contributed by atoms with Crippen LogP contribution in [0.3, 0.4) is 0 Å². The number of hydrogen-bond donors (Lipinski definition) is 0. The van der Waals surface area contributed by atoms with Crippen molar-refractivity contribution in [2.75, 3.05) is 0 Å². The molecule has 0 aromatic rings. The maximum atomic E-state index is 11.0. The molecule has 0 radical (unpaired) electrons. The quantitative estimate of drug-likeness (QED) is 0.357. The molecule has 0 fully saturated rings. The van der Waals surface area contributed by atoms with Gasteiger partial charge in [-0.05, 0) is 20.8 Å². The van der Waals surface area contributed by atoms with E-state index < -0.39 is 11.9 Å². The highest BCUT2D eigenvalue weighted by Crippen LogP contribution is 2.04. The van der Waals surface area contributed by atoms with Crippen molar-refractivity contribution in [3.63, 3.8) is 0 Å². The average molecular weight is 168 g/mol. The van der Waals surface area contributed by atoms with Crippen molar-refractivity contribution in [3.8, 4) is 0 Å². The van der Waals surface area contributed by atoms with E-state index in [1.54, 1.807) is 20.8 Å². The van der Waals surface area contributed by atoms with E-state index in [0.717, 1.165) is 11.6 Å². The van der Waals surface area contributed by atoms with Gasteiger partial charge in [0.25, 0.3) is 0 Å². The van der Waals surface area contributed by atoms with Crippen molar-refractivity contribution in [1.29, 1.82) is 0 Å². The van der Waals surface area contributed by atoms with Gasteiger partial charge in [-0.1, -0.05) is 12.2 Å². The summed E-state index contributed by atoms with van der Waals surface area (Å²) in [6.07, 6.45) is 0.955. The summed E-state index contributed by atoms with van der Waals surface area (Å²) in [4.78, 5) is 21.6. The zero-order valence-corrected chi connectivity index (χ0v) is 7.51. The van der Waals surface area contributed by atoms with Crippen molar-refractivity contribution >= 4 is 11.9 Å².